The summed E-state index contributed by atoms with van der Waals surface area (Å²) in [5, 5.41) is 0. The molecule has 1 N–H and O–H groups in total. The maximum Gasteiger partial charge on any atom is 0.411 e. The van der Waals surface area contributed by atoms with Crippen LogP contribution < -0.4 is 4.72 Å². The van der Waals surface area contributed by atoms with Gasteiger partial charge in [0.1, 0.15) is 23.4 Å². The van der Waals surface area contributed by atoms with Gasteiger partial charge in [0.2, 0.25) is 0 Å². The second kappa shape index (κ2) is 7.41. The summed E-state index contributed by atoms with van der Waals surface area (Å²) in [7, 11) is -0.910. The number of fused-ring (bicyclic) bond motifs is 1. The number of ether oxygens (including phenoxy) is 2. The van der Waals surface area contributed by atoms with Crippen molar-refractivity contribution in [3.05, 3.63) is 33.5 Å². The molecule has 0 saturated heterocycles. The van der Waals surface area contributed by atoms with Crippen molar-refractivity contribution in [2.75, 3.05) is 13.7 Å². The smallest absolute Gasteiger partial charge is 0.411 e. The maximum atomic E-state index is 14.8. The molecular weight excluding hydrogens is 458 g/mol. The van der Waals surface area contributed by atoms with E-state index in [2.05, 4.69) is 25.4 Å². The van der Waals surface area contributed by atoms with E-state index in [0.717, 1.165) is 13.2 Å². The highest BCUT2D eigenvalue weighted by atomic mass is 79.9. The minimum atomic E-state index is -4.73. The molecular formula is C16H18BrF4NO4S. The van der Waals surface area contributed by atoms with Crippen molar-refractivity contribution < 1.29 is 36.0 Å². The van der Waals surface area contributed by atoms with Gasteiger partial charge in [-0.05, 0) is 38.5 Å². The summed E-state index contributed by atoms with van der Waals surface area (Å²) in [4.78, 5) is 12.2. The Morgan fingerprint density at radius 2 is 1.89 bits per heavy atom. The molecule has 0 radical (unpaired) electrons. The van der Waals surface area contributed by atoms with Gasteiger partial charge in [-0.3, -0.25) is 0 Å². The Morgan fingerprint density at radius 3 is 2.41 bits per heavy atom. The summed E-state index contributed by atoms with van der Waals surface area (Å²) in [6.45, 7) is 2.67. The van der Waals surface area contributed by atoms with Crippen LogP contribution >= 0.6 is 15.9 Å². The summed E-state index contributed by atoms with van der Waals surface area (Å²) in [5.41, 5.74) is -1.72. The minimum Gasteiger partial charge on any atom is -0.467 e. The van der Waals surface area contributed by atoms with Crippen LogP contribution in [0, 0.1) is 5.82 Å². The fourth-order valence-electron chi connectivity index (χ4n) is 3.05. The summed E-state index contributed by atoms with van der Waals surface area (Å²) in [5.74, 6) is -1.94. The van der Waals surface area contributed by atoms with Gasteiger partial charge in [0.25, 0.3) is 0 Å². The van der Waals surface area contributed by atoms with Crippen molar-refractivity contribution in [1.29, 1.82) is 0 Å². The van der Waals surface area contributed by atoms with E-state index in [1.165, 1.54) is 13.0 Å². The molecule has 0 bridgehead atoms. The molecule has 1 aliphatic rings. The maximum absolute atomic E-state index is 14.8. The topological polar surface area (TPSA) is 64.6 Å². The molecule has 5 nitrogen and oxygen atoms in total. The number of halogens is 5. The van der Waals surface area contributed by atoms with Gasteiger partial charge in [0.05, 0.1) is 17.4 Å². The van der Waals surface area contributed by atoms with Crippen molar-refractivity contribution >= 4 is 32.9 Å². The summed E-state index contributed by atoms with van der Waals surface area (Å²) in [6.07, 6.45) is -6.62. The number of hydrogen-bond donors (Lipinski definition) is 1. The Labute approximate surface area is 164 Å². The largest absolute Gasteiger partial charge is 0.467 e. The van der Waals surface area contributed by atoms with Crippen molar-refractivity contribution in [1.82, 2.24) is 4.72 Å². The Hall–Kier alpha value is -1.04. The van der Waals surface area contributed by atoms with Crippen LogP contribution in [-0.2, 0) is 35.5 Å². The second-order valence-corrected chi connectivity index (χ2v) is 9.31. The van der Waals surface area contributed by atoms with Gasteiger partial charge in [0.15, 0.2) is 6.10 Å². The van der Waals surface area contributed by atoms with E-state index < -0.39 is 51.9 Å². The van der Waals surface area contributed by atoms with Crippen LogP contribution in [0.25, 0.3) is 0 Å². The van der Waals surface area contributed by atoms with Gasteiger partial charge < -0.3 is 9.47 Å². The first kappa shape index (κ1) is 22.3. The average molecular weight is 476 g/mol. The third-order valence-corrected chi connectivity index (χ3v) is 6.75. The number of rotatable bonds is 4. The van der Waals surface area contributed by atoms with Gasteiger partial charge in [-0.2, -0.15) is 13.2 Å². The first-order chi connectivity index (χ1) is 12.3. The average Bonchev–Trinajstić information content (AvgIpc) is 2.53. The lowest BCUT2D eigenvalue weighted by Gasteiger charge is -2.46. The number of nitrogens with one attached hydrogen (secondary N) is 1. The molecule has 0 fully saturated rings. The van der Waals surface area contributed by atoms with E-state index >= 15 is 0 Å². The number of methoxy groups -OCH3 is 1. The number of hydrogen-bond acceptors (Lipinski definition) is 4. The number of carbonyl (C=O) groups is 1. The van der Waals surface area contributed by atoms with Gasteiger partial charge in [0, 0.05) is 10.0 Å². The lowest BCUT2D eigenvalue weighted by molar-refractivity contribution is -0.201. The number of carbonyl (C=O) groups excluding carboxylic acids is 1. The van der Waals surface area contributed by atoms with E-state index in [1.54, 1.807) is 13.8 Å². The summed E-state index contributed by atoms with van der Waals surface area (Å²) < 4.78 is 76.9. The molecule has 152 valence electrons. The molecule has 0 aromatic heterocycles. The van der Waals surface area contributed by atoms with Crippen LogP contribution in [0.1, 0.15) is 31.9 Å². The summed E-state index contributed by atoms with van der Waals surface area (Å²) >= 11 is 3.28. The molecule has 11 heteroatoms. The van der Waals surface area contributed by atoms with Gasteiger partial charge in [-0.25, -0.2) is 18.1 Å². The molecule has 2 rings (SSSR count). The standard InChI is InChI=1S/C16H18BrF4NO4S/c1-14(2)10-8(17)5-6-9(18)11(10)15(3,22-27(14)24)12(13(23)25-4)26-7-16(19,20)21/h5-6,12,22H,7H2,1-4H3/t12?,15-,27?/m1/s1. The Bertz CT molecular complexity index is 786. The van der Waals surface area contributed by atoms with Crippen molar-refractivity contribution in [2.24, 2.45) is 0 Å². The first-order valence-corrected chi connectivity index (χ1v) is 9.65. The molecule has 1 aliphatic heterocycles. The summed E-state index contributed by atoms with van der Waals surface area (Å²) in [6, 6.07) is 2.51. The minimum absolute atomic E-state index is 0.112. The zero-order chi connectivity index (χ0) is 20.8. The molecule has 1 aromatic rings. The Balaban J connectivity index is 2.71. The zero-order valence-electron chi connectivity index (χ0n) is 14.9. The van der Waals surface area contributed by atoms with E-state index in [1.807, 2.05) is 0 Å². The van der Waals surface area contributed by atoms with Crippen LogP contribution in [0.4, 0.5) is 17.6 Å². The normalized spacial score (nSPS) is 25.6. The number of esters is 1. The van der Waals surface area contributed by atoms with Crippen LogP contribution in [0.5, 0.6) is 0 Å². The Kier molecular flexibility index (Phi) is 6.11. The Morgan fingerprint density at radius 1 is 1.30 bits per heavy atom. The van der Waals surface area contributed by atoms with Gasteiger partial charge in [-0.15, -0.1) is 0 Å². The highest BCUT2D eigenvalue weighted by molar-refractivity contribution is 9.10. The third kappa shape index (κ3) is 4.06. The van der Waals surface area contributed by atoms with Crippen molar-refractivity contribution in [3.63, 3.8) is 0 Å². The van der Waals surface area contributed by atoms with Gasteiger partial charge in [-0.1, -0.05) is 15.9 Å². The van der Waals surface area contributed by atoms with E-state index in [0.29, 0.717) is 4.47 Å². The molecule has 0 amide bonds. The third-order valence-electron chi connectivity index (χ3n) is 4.35. The highest BCUT2D eigenvalue weighted by Crippen LogP contribution is 2.47. The first-order valence-electron chi connectivity index (χ1n) is 7.70. The lowest BCUT2D eigenvalue weighted by atomic mass is 9.80. The molecule has 0 spiro atoms. The molecule has 1 aromatic carbocycles. The quantitative estimate of drug-likeness (QED) is 0.535. The van der Waals surface area contributed by atoms with E-state index in [4.69, 9.17) is 4.74 Å². The second-order valence-electron chi connectivity index (χ2n) is 6.69. The van der Waals surface area contributed by atoms with Crippen molar-refractivity contribution in [3.8, 4) is 0 Å². The molecule has 3 atom stereocenters. The van der Waals surface area contributed by atoms with Crippen LogP contribution in [0.3, 0.4) is 0 Å². The fourth-order valence-corrected chi connectivity index (χ4v) is 5.26. The van der Waals surface area contributed by atoms with Gasteiger partial charge >= 0.3 is 12.1 Å². The SMILES string of the molecule is COC(=O)C(OCC(F)(F)F)[C@]1(C)NS(=O)C(C)(C)c2c(Br)ccc(F)c21. The fraction of sp³-hybridized carbons (Fsp3) is 0.562. The van der Waals surface area contributed by atoms with E-state index in [-0.39, 0.29) is 11.1 Å². The highest BCUT2D eigenvalue weighted by Gasteiger charge is 2.54. The van der Waals surface area contributed by atoms with Crippen molar-refractivity contribution in [2.45, 2.75) is 43.3 Å². The van der Waals surface area contributed by atoms with Crippen LogP contribution in [-0.4, -0.2) is 36.2 Å². The molecule has 0 aliphatic carbocycles. The lowest BCUT2D eigenvalue weighted by Crippen LogP contribution is -2.61. The van der Waals surface area contributed by atoms with Crippen LogP contribution in [0.15, 0.2) is 16.6 Å². The number of alkyl halides is 3. The monoisotopic (exact) mass is 475 g/mol. The predicted octanol–water partition coefficient (Wildman–Crippen LogP) is 3.43. The molecule has 27 heavy (non-hydrogen) atoms. The molecule has 0 saturated carbocycles. The van der Waals surface area contributed by atoms with E-state index in [9.17, 15) is 26.6 Å². The predicted molar refractivity (Wildman–Crippen MR) is 93.6 cm³/mol. The molecule has 1 heterocycles. The number of benzene rings is 1. The molecule has 2 unspecified atom stereocenters. The zero-order valence-corrected chi connectivity index (χ0v) is 17.3. The van der Waals surface area contributed by atoms with Crippen LogP contribution in [0.2, 0.25) is 0 Å².